The Morgan fingerprint density at radius 2 is 1.71 bits per heavy atom. The van der Waals surface area contributed by atoms with Crippen LogP contribution in [0.3, 0.4) is 0 Å². The van der Waals surface area contributed by atoms with Gasteiger partial charge >= 0.3 is 0 Å². The summed E-state index contributed by atoms with van der Waals surface area (Å²) in [6.07, 6.45) is 6.41. The molecule has 2 fully saturated rings. The molecule has 0 unspecified atom stereocenters. The Hall–Kier alpha value is -1.06. The van der Waals surface area contributed by atoms with Crippen molar-refractivity contribution in [3.05, 3.63) is 35.9 Å². The molecule has 2 N–H and O–H groups in total. The van der Waals surface area contributed by atoms with Crippen LogP contribution in [0.5, 0.6) is 0 Å². The van der Waals surface area contributed by atoms with Crippen LogP contribution >= 0.6 is 12.4 Å². The summed E-state index contributed by atoms with van der Waals surface area (Å²) in [6.45, 7) is 2.03. The summed E-state index contributed by atoms with van der Waals surface area (Å²) in [7, 11) is 0. The minimum absolute atomic E-state index is 0. The maximum Gasteiger partial charge on any atom is 0.230 e. The first kappa shape index (κ1) is 16.3. The van der Waals surface area contributed by atoms with Gasteiger partial charge in [0.2, 0.25) is 5.91 Å². The summed E-state index contributed by atoms with van der Waals surface area (Å²) in [6, 6.07) is 10.7. The van der Waals surface area contributed by atoms with Gasteiger partial charge in [0.1, 0.15) is 0 Å². The molecule has 0 aromatic heterocycles. The predicted octanol–water partition coefficient (Wildman–Crippen LogP) is 2.79. The van der Waals surface area contributed by atoms with Gasteiger partial charge in [-0.15, -0.1) is 12.4 Å². The number of halogens is 1. The highest BCUT2D eigenvalue weighted by Crippen LogP contribution is 2.41. The normalized spacial score (nSPS) is 21.5. The SMILES string of the molecule is Cl.O=C(NC1CCNCC1)C1(c2ccccc2)CCCC1. The number of hydrogen-bond donors (Lipinski definition) is 2. The number of carbonyl (C=O) groups excluding carboxylic acids is 1. The summed E-state index contributed by atoms with van der Waals surface area (Å²) in [5, 5.41) is 6.67. The van der Waals surface area contributed by atoms with E-state index in [9.17, 15) is 4.79 Å². The molecule has 0 spiro atoms. The van der Waals surface area contributed by atoms with E-state index in [0.29, 0.717) is 6.04 Å². The van der Waals surface area contributed by atoms with E-state index in [1.165, 1.54) is 5.56 Å². The molecule has 3 rings (SSSR count). The number of benzene rings is 1. The first-order valence-electron chi connectivity index (χ1n) is 7.88. The highest BCUT2D eigenvalue weighted by atomic mass is 35.5. The number of rotatable bonds is 3. The number of hydrogen-bond acceptors (Lipinski definition) is 2. The lowest BCUT2D eigenvalue weighted by atomic mass is 9.77. The van der Waals surface area contributed by atoms with Crippen LogP contribution in [-0.2, 0) is 10.2 Å². The second kappa shape index (κ2) is 7.28. The molecule has 1 saturated heterocycles. The van der Waals surface area contributed by atoms with E-state index in [2.05, 4.69) is 22.8 Å². The summed E-state index contributed by atoms with van der Waals surface area (Å²) in [4.78, 5) is 12.9. The van der Waals surface area contributed by atoms with Crippen molar-refractivity contribution in [2.75, 3.05) is 13.1 Å². The van der Waals surface area contributed by atoms with Gasteiger partial charge in [-0.25, -0.2) is 0 Å². The van der Waals surface area contributed by atoms with Gasteiger partial charge in [0.05, 0.1) is 5.41 Å². The van der Waals surface area contributed by atoms with E-state index < -0.39 is 0 Å². The molecule has 1 aliphatic heterocycles. The fourth-order valence-corrected chi connectivity index (χ4v) is 3.67. The molecule has 1 amide bonds. The molecule has 2 aliphatic rings. The molecule has 0 atom stereocenters. The molecular formula is C17H25ClN2O. The number of carbonyl (C=O) groups is 1. The van der Waals surface area contributed by atoms with E-state index in [1.54, 1.807) is 0 Å². The van der Waals surface area contributed by atoms with Gasteiger partial charge in [-0.3, -0.25) is 4.79 Å². The van der Waals surface area contributed by atoms with Crippen molar-refractivity contribution in [1.29, 1.82) is 0 Å². The number of amides is 1. The van der Waals surface area contributed by atoms with Crippen LogP contribution in [0.15, 0.2) is 30.3 Å². The second-order valence-corrected chi connectivity index (χ2v) is 6.15. The molecule has 0 radical (unpaired) electrons. The average molecular weight is 309 g/mol. The molecule has 21 heavy (non-hydrogen) atoms. The third kappa shape index (κ3) is 3.41. The lowest BCUT2D eigenvalue weighted by Crippen LogP contribution is -2.50. The molecule has 1 aromatic carbocycles. The van der Waals surface area contributed by atoms with Crippen molar-refractivity contribution in [3.8, 4) is 0 Å². The van der Waals surface area contributed by atoms with Crippen LogP contribution in [0.25, 0.3) is 0 Å². The zero-order valence-electron chi connectivity index (χ0n) is 12.4. The minimum Gasteiger partial charge on any atom is -0.353 e. The fraction of sp³-hybridized carbons (Fsp3) is 0.588. The van der Waals surface area contributed by atoms with E-state index >= 15 is 0 Å². The largest absolute Gasteiger partial charge is 0.353 e. The first-order valence-corrected chi connectivity index (χ1v) is 7.88. The Labute approximate surface area is 133 Å². The monoisotopic (exact) mass is 308 g/mol. The Morgan fingerprint density at radius 1 is 1.10 bits per heavy atom. The zero-order valence-corrected chi connectivity index (χ0v) is 13.3. The van der Waals surface area contributed by atoms with E-state index in [4.69, 9.17) is 0 Å². The lowest BCUT2D eigenvalue weighted by Gasteiger charge is -2.32. The Balaban J connectivity index is 0.00000161. The third-order valence-electron chi connectivity index (χ3n) is 4.89. The Morgan fingerprint density at radius 3 is 2.33 bits per heavy atom. The topological polar surface area (TPSA) is 41.1 Å². The Bertz CT molecular complexity index is 451. The summed E-state index contributed by atoms with van der Waals surface area (Å²) < 4.78 is 0. The van der Waals surface area contributed by atoms with Crippen molar-refractivity contribution >= 4 is 18.3 Å². The maximum absolute atomic E-state index is 12.9. The van der Waals surface area contributed by atoms with Crippen LogP contribution in [0.1, 0.15) is 44.1 Å². The van der Waals surface area contributed by atoms with Crippen molar-refractivity contribution in [2.45, 2.75) is 50.0 Å². The highest BCUT2D eigenvalue weighted by Gasteiger charge is 2.43. The molecule has 1 aliphatic carbocycles. The summed E-state index contributed by atoms with van der Waals surface area (Å²) in [5.41, 5.74) is 0.926. The van der Waals surface area contributed by atoms with Gasteiger partial charge in [-0.05, 0) is 44.3 Å². The third-order valence-corrected chi connectivity index (χ3v) is 4.89. The molecule has 116 valence electrons. The van der Waals surface area contributed by atoms with Crippen LogP contribution in [0, 0.1) is 0 Å². The van der Waals surface area contributed by atoms with Crippen LogP contribution in [-0.4, -0.2) is 25.0 Å². The van der Waals surface area contributed by atoms with Gasteiger partial charge in [0.25, 0.3) is 0 Å². The molecule has 1 saturated carbocycles. The van der Waals surface area contributed by atoms with Crippen molar-refractivity contribution < 1.29 is 4.79 Å². The molecule has 4 heteroatoms. The molecule has 1 heterocycles. The maximum atomic E-state index is 12.9. The molecular weight excluding hydrogens is 284 g/mol. The van der Waals surface area contributed by atoms with Gasteiger partial charge in [0.15, 0.2) is 0 Å². The molecule has 0 bridgehead atoms. The second-order valence-electron chi connectivity index (χ2n) is 6.15. The Kier molecular flexibility index (Phi) is 5.65. The van der Waals surface area contributed by atoms with Crippen molar-refractivity contribution in [1.82, 2.24) is 10.6 Å². The van der Waals surface area contributed by atoms with Crippen LogP contribution < -0.4 is 10.6 Å². The smallest absolute Gasteiger partial charge is 0.230 e. The predicted molar refractivity (Wildman–Crippen MR) is 87.9 cm³/mol. The lowest BCUT2D eigenvalue weighted by molar-refractivity contribution is -0.127. The number of piperidine rings is 1. The summed E-state index contributed by atoms with van der Waals surface area (Å²) >= 11 is 0. The fourth-order valence-electron chi connectivity index (χ4n) is 3.67. The van der Waals surface area contributed by atoms with Crippen LogP contribution in [0.2, 0.25) is 0 Å². The highest BCUT2D eigenvalue weighted by molar-refractivity contribution is 5.88. The minimum atomic E-state index is -0.272. The van der Waals surface area contributed by atoms with E-state index in [0.717, 1.165) is 51.6 Å². The molecule has 1 aromatic rings. The van der Waals surface area contributed by atoms with Gasteiger partial charge in [-0.2, -0.15) is 0 Å². The average Bonchev–Trinajstić information content (AvgIpc) is 3.00. The standard InChI is InChI=1S/C17H24N2O.ClH/c20-16(19-15-8-12-18-13-9-15)17(10-4-5-11-17)14-6-2-1-3-7-14;/h1-3,6-7,15,18H,4-5,8-13H2,(H,19,20);1H. The van der Waals surface area contributed by atoms with Crippen molar-refractivity contribution in [3.63, 3.8) is 0 Å². The summed E-state index contributed by atoms with van der Waals surface area (Å²) in [5.74, 6) is 0.258. The number of nitrogens with one attached hydrogen (secondary N) is 2. The van der Waals surface area contributed by atoms with E-state index in [1.807, 2.05) is 18.2 Å². The first-order chi connectivity index (χ1) is 9.81. The van der Waals surface area contributed by atoms with Gasteiger partial charge < -0.3 is 10.6 Å². The van der Waals surface area contributed by atoms with E-state index in [-0.39, 0.29) is 23.7 Å². The van der Waals surface area contributed by atoms with Gasteiger partial charge in [0, 0.05) is 6.04 Å². The quantitative estimate of drug-likeness (QED) is 0.901. The van der Waals surface area contributed by atoms with Crippen LogP contribution in [0.4, 0.5) is 0 Å². The zero-order chi connectivity index (χ0) is 13.8. The van der Waals surface area contributed by atoms with Crippen molar-refractivity contribution in [2.24, 2.45) is 0 Å². The van der Waals surface area contributed by atoms with Gasteiger partial charge in [-0.1, -0.05) is 43.2 Å². The molecule has 3 nitrogen and oxygen atoms in total.